The molecule has 2 amide bonds. The predicted octanol–water partition coefficient (Wildman–Crippen LogP) is 0.150. The van der Waals surface area contributed by atoms with Crippen LogP contribution in [0.25, 0.3) is 0 Å². The van der Waals surface area contributed by atoms with E-state index < -0.39 is 6.04 Å². The topological polar surface area (TPSA) is 104 Å². The summed E-state index contributed by atoms with van der Waals surface area (Å²) < 4.78 is 0. The SMILES string of the molecule is CC(C)CNC(=O)CNC(=O)C(N)Cc1ccc(O)cc1. The Hall–Kier alpha value is -2.08. The second kappa shape index (κ2) is 8.26. The van der Waals surface area contributed by atoms with Gasteiger partial charge in [-0.2, -0.15) is 0 Å². The summed E-state index contributed by atoms with van der Waals surface area (Å²) in [5.74, 6) is -0.0725. The summed E-state index contributed by atoms with van der Waals surface area (Å²) in [5.41, 5.74) is 6.64. The highest BCUT2D eigenvalue weighted by Crippen LogP contribution is 2.10. The molecule has 0 aromatic heterocycles. The predicted molar refractivity (Wildman–Crippen MR) is 80.6 cm³/mol. The summed E-state index contributed by atoms with van der Waals surface area (Å²) in [6.07, 6.45) is 0.347. The molecule has 0 bridgehead atoms. The molecular formula is C15H23N3O3. The Morgan fingerprint density at radius 2 is 1.81 bits per heavy atom. The van der Waals surface area contributed by atoms with Gasteiger partial charge >= 0.3 is 0 Å². The molecule has 1 aromatic carbocycles. The number of benzene rings is 1. The molecule has 0 fully saturated rings. The fraction of sp³-hybridized carbons (Fsp3) is 0.467. The fourth-order valence-corrected chi connectivity index (χ4v) is 1.66. The molecule has 1 rings (SSSR count). The Morgan fingerprint density at radius 1 is 1.19 bits per heavy atom. The molecule has 6 heteroatoms. The Morgan fingerprint density at radius 3 is 2.38 bits per heavy atom. The van der Waals surface area contributed by atoms with Crippen molar-refractivity contribution in [3.63, 3.8) is 0 Å². The molecule has 1 unspecified atom stereocenters. The second-order valence-corrected chi connectivity index (χ2v) is 5.39. The largest absolute Gasteiger partial charge is 0.508 e. The van der Waals surface area contributed by atoms with Crippen LogP contribution >= 0.6 is 0 Å². The monoisotopic (exact) mass is 293 g/mol. The Kier molecular flexibility index (Phi) is 6.68. The zero-order valence-corrected chi connectivity index (χ0v) is 12.4. The number of carbonyl (C=O) groups excluding carboxylic acids is 2. The van der Waals surface area contributed by atoms with Gasteiger partial charge in [0.05, 0.1) is 12.6 Å². The minimum absolute atomic E-state index is 0.0746. The molecule has 0 saturated carbocycles. The highest BCUT2D eigenvalue weighted by atomic mass is 16.3. The van der Waals surface area contributed by atoms with Crippen LogP contribution < -0.4 is 16.4 Å². The van der Waals surface area contributed by atoms with E-state index in [2.05, 4.69) is 10.6 Å². The Balaban J connectivity index is 2.34. The van der Waals surface area contributed by atoms with Crippen molar-refractivity contribution in [3.8, 4) is 5.75 Å². The lowest BCUT2D eigenvalue weighted by Gasteiger charge is -2.13. The third-order valence-corrected chi connectivity index (χ3v) is 2.86. The number of amides is 2. The number of carbonyl (C=O) groups is 2. The zero-order chi connectivity index (χ0) is 15.8. The molecule has 21 heavy (non-hydrogen) atoms. The standard InChI is InChI=1S/C15H23N3O3/c1-10(2)8-17-14(20)9-18-15(21)13(16)7-11-3-5-12(19)6-4-11/h3-6,10,13,19H,7-9,16H2,1-2H3,(H,17,20)(H,18,21). The first-order valence-electron chi connectivity index (χ1n) is 6.96. The first-order valence-corrected chi connectivity index (χ1v) is 6.96. The van der Waals surface area contributed by atoms with Crippen LogP contribution in [0, 0.1) is 5.92 Å². The summed E-state index contributed by atoms with van der Waals surface area (Å²) >= 11 is 0. The summed E-state index contributed by atoms with van der Waals surface area (Å²) in [5, 5.41) is 14.4. The van der Waals surface area contributed by atoms with Crippen LogP contribution in [-0.2, 0) is 16.0 Å². The van der Waals surface area contributed by atoms with Crippen molar-refractivity contribution in [2.75, 3.05) is 13.1 Å². The van der Waals surface area contributed by atoms with Crippen molar-refractivity contribution in [3.05, 3.63) is 29.8 Å². The van der Waals surface area contributed by atoms with E-state index in [4.69, 9.17) is 5.73 Å². The molecule has 1 atom stereocenters. The maximum Gasteiger partial charge on any atom is 0.239 e. The van der Waals surface area contributed by atoms with Crippen molar-refractivity contribution in [2.24, 2.45) is 11.7 Å². The highest BCUT2D eigenvalue weighted by molar-refractivity contribution is 5.87. The van der Waals surface area contributed by atoms with Gasteiger partial charge in [-0.3, -0.25) is 9.59 Å². The molecule has 0 aliphatic rings. The van der Waals surface area contributed by atoms with Gasteiger partial charge in [0.15, 0.2) is 0 Å². The Labute approximate surface area is 124 Å². The third kappa shape index (κ3) is 6.76. The molecule has 1 aromatic rings. The minimum Gasteiger partial charge on any atom is -0.508 e. The summed E-state index contributed by atoms with van der Waals surface area (Å²) in [6.45, 7) is 4.49. The van der Waals surface area contributed by atoms with E-state index in [1.165, 1.54) is 0 Å². The van der Waals surface area contributed by atoms with Crippen LogP contribution in [0.5, 0.6) is 5.75 Å². The van der Waals surface area contributed by atoms with Crippen LogP contribution in [0.2, 0.25) is 0 Å². The molecule has 0 saturated heterocycles. The zero-order valence-electron chi connectivity index (χ0n) is 12.4. The molecule has 116 valence electrons. The number of nitrogens with two attached hydrogens (primary N) is 1. The average Bonchev–Trinajstić information content (AvgIpc) is 2.44. The number of aromatic hydroxyl groups is 1. The summed E-state index contributed by atoms with van der Waals surface area (Å²) in [6, 6.07) is 5.77. The number of rotatable bonds is 7. The van der Waals surface area contributed by atoms with Gasteiger partial charge in [-0.15, -0.1) is 0 Å². The molecule has 0 radical (unpaired) electrons. The van der Waals surface area contributed by atoms with E-state index in [-0.39, 0.29) is 24.1 Å². The van der Waals surface area contributed by atoms with E-state index in [0.717, 1.165) is 5.56 Å². The summed E-state index contributed by atoms with van der Waals surface area (Å²) in [4.78, 5) is 23.3. The van der Waals surface area contributed by atoms with Crippen LogP contribution in [0.1, 0.15) is 19.4 Å². The van der Waals surface area contributed by atoms with Gasteiger partial charge in [-0.1, -0.05) is 26.0 Å². The van der Waals surface area contributed by atoms with Gasteiger partial charge in [-0.05, 0) is 30.0 Å². The van der Waals surface area contributed by atoms with Gasteiger partial charge in [-0.25, -0.2) is 0 Å². The normalized spacial score (nSPS) is 12.0. The quantitative estimate of drug-likeness (QED) is 0.574. The van der Waals surface area contributed by atoms with Gasteiger partial charge in [0.1, 0.15) is 5.75 Å². The van der Waals surface area contributed by atoms with Crippen molar-refractivity contribution in [1.82, 2.24) is 10.6 Å². The fourth-order valence-electron chi connectivity index (χ4n) is 1.66. The highest BCUT2D eigenvalue weighted by Gasteiger charge is 2.15. The molecule has 0 aliphatic carbocycles. The van der Waals surface area contributed by atoms with E-state index in [9.17, 15) is 14.7 Å². The number of phenols is 1. The maximum atomic E-state index is 11.8. The van der Waals surface area contributed by atoms with E-state index >= 15 is 0 Å². The van der Waals surface area contributed by atoms with Gasteiger partial charge in [0.25, 0.3) is 0 Å². The maximum absolute atomic E-state index is 11.8. The number of phenolic OH excluding ortho intramolecular Hbond substituents is 1. The van der Waals surface area contributed by atoms with Crippen LogP contribution in [0.15, 0.2) is 24.3 Å². The van der Waals surface area contributed by atoms with Gasteiger partial charge in [0.2, 0.25) is 11.8 Å². The average molecular weight is 293 g/mol. The molecule has 6 nitrogen and oxygen atoms in total. The molecule has 0 spiro atoms. The van der Waals surface area contributed by atoms with E-state index in [1.807, 2.05) is 13.8 Å². The van der Waals surface area contributed by atoms with Crippen molar-refractivity contribution in [1.29, 1.82) is 0 Å². The second-order valence-electron chi connectivity index (χ2n) is 5.39. The van der Waals surface area contributed by atoms with Crippen molar-refractivity contribution in [2.45, 2.75) is 26.3 Å². The number of hydrogen-bond acceptors (Lipinski definition) is 4. The number of hydrogen-bond donors (Lipinski definition) is 4. The lowest BCUT2D eigenvalue weighted by atomic mass is 10.1. The van der Waals surface area contributed by atoms with Crippen molar-refractivity contribution >= 4 is 11.8 Å². The summed E-state index contributed by atoms with van der Waals surface area (Å²) in [7, 11) is 0. The first kappa shape index (κ1) is 17.0. The van der Waals surface area contributed by atoms with Crippen molar-refractivity contribution < 1.29 is 14.7 Å². The van der Waals surface area contributed by atoms with E-state index in [1.54, 1.807) is 24.3 Å². The lowest BCUT2D eigenvalue weighted by molar-refractivity contribution is -0.126. The molecule has 0 heterocycles. The van der Waals surface area contributed by atoms with E-state index in [0.29, 0.717) is 18.9 Å². The third-order valence-electron chi connectivity index (χ3n) is 2.86. The smallest absolute Gasteiger partial charge is 0.239 e. The lowest BCUT2D eigenvalue weighted by Crippen LogP contribution is -2.46. The Bertz CT molecular complexity index is 472. The van der Waals surface area contributed by atoms with Crippen LogP contribution in [0.3, 0.4) is 0 Å². The van der Waals surface area contributed by atoms with Crippen LogP contribution in [-0.4, -0.2) is 36.1 Å². The van der Waals surface area contributed by atoms with Crippen LogP contribution in [0.4, 0.5) is 0 Å². The molecule has 0 aliphatic heterocycles. The molecular weight excluding hydrogens is 270 g/mol. The minimum atomic E-state index is -0.729. The van der Waals surface area contributed by atoms with Gasteiger partial charge < -0.3 is 21.5 Å². The first-order chi connectivity index (χ1) is 9.88. The number of nitrogens with one attached hydrogen (secondary N) is 2. The molecule has 5 N–H and O–H groups in total. The van der Waals surface area contributed by atoms with Gasteiger partial charge in [0, 0.05) is 6.54 Å².